The van der Waals surface area contributed by atoms with Crippen molar-refractivity contribution in [2.24, 2.45) is 5.92 Å². The van der Waals surface area contributed by atoms with Crippen LogP contribution in [0.25, 0.3) is 0 Å². The van der Waals surface area contributed by atoms with Crippen LogP contribution in [0.1, 0.15) is 26.2 Å². The third-order valence-electron chi connectivity index (χ3n) is 2.89. The lowest BCUT2D eigenvalue weighted by Gasteiger charge is -2.18. The van der Waals surface area contributed by atoms with Gasteiger partial charge in [-0.05, 0) is 25.8 Å². The third kappa shape index (κ3) is 1.42. The molecule has 64 valence electrons. The van der Waals surface area contributed by atoms with E-state index in [2.05, 4.69) is 12.2 Å². The molecule has 0 aromatic heterocycles. The van der Waals surface area contributed by atoms with Gasteiger partial charge in [-0.2, -0.15) is 0 Å². The van der Waals surface area contributed by atoms with Crippen LogP contribution in [0.15, 0.2) is 0 Å². The summed E-state index contributed by atoms with van der Waals surface area (Å²) in [5.74, 6) is 0.814. The van der Waals surface area contributed by atoms with Gasteiger partial charge in [0, 0.05) is 12.5 Å². The lowest BCUT2D eigenvalue weighted by Crippen LogP contribution is -2.29. The van der Waals surface area contributed by atoms with Gasteiger partial charge >= 0.3 is 0 Å². The van der Waals surface area contributed by atoms with E-state index in [1.807, 2.05) is 0 Å². The van der Waals surface area contributed by atoms with Crippen molar-refractivity contribution in [1.82, 2.24) is 5.32 Å². The molecule has 2 heteroatoms. The van der Waals surface area contributed by atoms with E-state index < -0.39 is 0 Å². The summed E-state index contributed by atoms with van der Waals surface area (Å²) < 4.78 is 5.74. The molecule has 2 saturated heterocycles. The molecule has 0 aromatic carbocycles. The first-order chi connectivity index (χ1) is 5.40. The minimum absolute atomic E-state index is 0.596. The largest absolute Gasteiger partial charge is 0.375 e. The first kappa shape index (κ1) is 7.56. The van der Waals surface area contributed by atoms with Crippen LogP contribution in [0.2, 0.25) is 0 Å². The lowest BCUT2D eigenvalue weighted by molar-refractivity contribution is 0.0925. The summed E-state index contributed by atoms with van der Waals surface area (Å²) in [4.78, 5) is 0. The van der Waals surface area contributed by atoms with Crippen LogP contribution in [0.4, 0.5) is 0 Å². The topological polar surface area (TPSA) is 21.3 Å². The van der Waals surface area contributed by atoms with Gasteiger partial charge in [-0.1, -0.05) is 6.92 Å². The van der Waals surface area contributed by atoms with Crippen LogP contribution >= 0.6 is 0 Å². The van der Waals surface area contributed by atoms with Gasteiger partial charge in [-0.25, -0.2) is 0 Å². The zero-order valence-corrected chi connectivity index (χ0v) is 7.18. The molecule has 2 bridgehead atoms. The zero-order chi connectivity index (χ0) is 7.68. The predicted octanol–water partition coefficient (Wildman–Crippen LogP) is 1.16. The lowest BCUT2D eigenvalue weighted by atomic mass is 9.89. The summed E-state index contributed by atoms with van der Waals surface area (Å²) in [6.45, 7) is 4.42. The Morgan fingerprint density at radius 2 is 2.36 bits per heavy atom. The van der Waals surface area contributed by atoms with Crippen molar-refractivity contribution in [3.8, 4) is 0 Å². The summed E-state index contributed by atoms with van der Waals surface area (Å²) in [5, 5.41) is 3.40. The van der Waals surface area contributed by atoms with Gasteiger partial charge in [0.15, 0.2) is 0 Å². The first-order valence-corrected chi connectivity index (χ1v) is 4.76. The molecule has 11 heavy (non-hydrogen) atoms. The second-order valence-corrected chi connectivity index (χ2v) is 3.68. The van der Waals surface area contributed by atoms with Crippen LogP contribution in [0.3, 0.4) is 0 Å². The maximum atomic E-state index is 5.74. The minimum Gasteiger partial charge on any atom is -0.375 e. The molecule has 0 aromatic rings. The van der Waals surface area contributed by atoms with Gasteiger partial charge in [-0.15, -0.1) is 0 Å². The molecular formula is C9H17NO. The van der Waals surface area contributed by atoms with E-state index in [0.29, 0.717) is 12.2 Å². The molecule has 2 aliphatic rings. The Bertz CT molecular complexity index is 138. The summed E-state index contributed by atoms with van der Waals surface area (Å²) in [7, 11) is 0. The van der Waals surface area contributed by atoms with E-state index in [0.717, 1.165) is 19.0 Å². The Hall–Kier alpha value is -0.0800. The van der Waals surface area contributed by atoms with E-state index in [1.54, 1.807) is 0 Å². The van der Waals surface area contributed by atoms with Crippen LogP contribution < -0.4 is 5.32 Å². The third-order valence-corrected chi connectivity index (χ3v) is 2.89. The van der Waals surface area contributed by atoms with Gasteiger partial charge in [0.1, 0.15) is 0 Å². The van der Waals surface area contributed by atoms with Gasteiger partial charge in [0.2, 0.25) is 0 Å². The van der Waals surface area contributed by atoms with Crippen LogP contribution in [-0.4, -0.2) is 25.3 Å². The molecule has 2 rings (SSSR count). The monoisotopic (exact) mass is 155 g/mol. The number of rotatable bonds is 3. The van der Waals surface area contributed by atoms with Crippen molar-refractivity contribution in [1.29, 1.82) is 0 Å². The van der Waals surface area contributed by atoms with Crippen molar-refractivity contribution >= 4 is 0 Å². The van der Waals surface area contributed by atoms with E-state index in [9.17, 15) is 0 Å². The fraction of sp³-hybridized carbons (Fsp3) is 1.00. The molecule has 0 radical (unpaired) electrons. The summed E-state index contributed by atoms with van der Waals surface area (Å²) in [6.07, 6.45) is 5.13. The Balaban J connectivity index is 1.78. The maximum absolute atomic E-state index is 5.74. The summed E-state index contributed by atoms with van der Waals surface area (Å²) >= 11 is 0. The number of fused-ring (bicyclic) bond motifs is 2. The van der Waals surface area contributed by atoms with Crippen molar-refractivity contribution in [3.05, 3.63) is 0 Å². The van der Waals surface area contributed by atoms with Crippen molar-refractivity contribution in [2.75, 3.05) is 13.1 Å². The van der Waals surface area contributed by atoms with Gasteiger partial charge in [-0.3, -0.25) is 0 Å². The Labute approximate surface area is 68.3 Å². The highest BCUT2D eigenvalue weighted by Gasteiger charge is 2.39. The van der Waals surface area contributed by atoms with Crippen molar-refractivity contribution in [3.63, 3.8) is 0 Å². The van der Waals surface area contributed by atoms with Crippen molar-refractivity contribution in [2.45, 2.75) is 38.4 Å². The molecule has 2 fully saturated rings. The summed E-state index contributed by atoms with van der Waals surface area (Å²) in [5.41, 5.74) is 0. The fourth-order valence-corrected chi connectivity index (χ4v) is 2.29. The minimum atomic E-state index is 0.596. The smallest absolute Gasteiger partial charge is 0.0621 e. The second kappa shape index (κ2) is 3.11. The Morgan fingerprint density at radius 3 is 2.91 bits per heavy atom. The normalized spacial score (nSPS) is 41.7. The van der Waals surface area contributed by atoms with Crippen LogP contribution in [-0.2, 0) is 4.74 Å². The van der Waals surface area contributed by atoms with E-state index in [1.165, 1.54) is 19.3 Å². The number of nitrogens with one attached hydrogen (secondary N) is 1. The van der Waals surface area contributed by atoms with Gasteiger partial charge in [0.05, 0.1) is 12.2 Å². The number of hydrogen-bond donors (Lipinski definition) is 1. The molecule has 0 amide bonds. The average molecular weight is 155 g/mol. The average Bonchev–Trinajstić information content (AvgIpc) is 2.60. The van der Waals surface area contributed by atoms with Crippen LogP contribution in [0, 0.1) is 5.92 Å². The standard InChI is InChI=1S/C9H17NO/c1-2-10-6-7-5-8-3-4-9(7)11-8/h7-10H,2-6H2,1H3. The number of hydrogen-bond acceptors (Lipinski definition) is 2. The highest BCUT2D eigenvalue weighted by atomic mass is 16.5. The molecule has 2 aliphatic heterocycles. The molecule has 0 saturated carbocycles. The highest BCUT2D eigenvalue weighted by molar-refractivity contribution is 4.90. The second-order valence-electron chi connectivity index (χ2n) is 3.68. The Morgan fingerprint density at radius 1 is 1.45 bits per heavy atom. The first-order valence-electron chi connectivity index (χ1n) is 4.76. The molecule has 2 nitrogen and oxygen atoms in total. The quantitative estimate of drug-likeness (QED) is 0.660. The maximum Gasteiger partial charge on any atom is 0.0621 e. The Kier molecular flexibility index (Phi) is 2.14. The molecule has 1 N–H and O–H groups in total. The van der Waals surface area contributed by atoms with E-state index in [-0.39, 0.29) is 0 Å². The zero-order valence-electron chi connectivity index (χ0n) is 7.18. The van der Waals surface area contributed by atoms with Crippen LogP contribution in [0.5, 0.6) is 0 Å². The van der Waals surface area contributed by atoms with Crippen molar-refractivity contribution < 1.29 is 4.74 Å². The van der Waals surface area contributed by atoms with Gasteiger partial charge in [0.25, 0.3) is 0 Å². The molecular weight excluding hydrogens is 138 g/mol. The number of ether oxygens (including phenoxy) is 1. The van der Waals surface area contributed by atoms with E-state index >= 15 is 0 Å². The molecule has 3 unspecified atom stereocenters. The molecule has 0 spiro atoms. The SMILES string of the molecule is CCNCC1CC2CCC1O2. The molecule has 3 atom stereocenters. The molecule has 0 aliphatic carbocycles. The van der Waals surface area contributed by atoms with E-state index in [4.69, 9.17) is 4.74 Å². The van der Waals surface area contributed by atoms with Gasteiger partial charge < -0.3 is 10.1 Å². The fourth-order valence-electron chi connectivity index (χ4n) is 2.29. The highest BCUT2D eigenvalue weighted by Crippen LogP contribution is 2.38. The summed E-state index contributed by atoms with van der Waals surface area (Å²) in [6, 6.07) is 0. The predicted molar refractivity (Wildman–Crippen MR) is 44.5 cm³/mol. The molecule has 2 heterocycles.